The molecule has 170 valence electrons. The van der Waals surface area contributed by atoms with Gasteiger partial charge in [0.2, 0.25) is 5.91 Å². The lowest BCUT2D eigenvalue weighted by Crippen LogP contribution is -2.25. The number of rotatable bonds is 8. The molecule has 0 fully saturated rings. The molecule has 0 aliphatic carbocycles. The van der Waals surface area contributed by atoms with Crippen LogP contribution in [0.2, 0.25) is 0 Å². The van der Waals surface area contributed by atoms with Crippen molar-refractivity contribution in [3.05, 3.63) is 65.9 Å². The summed E-state index contributed by atoms with van der Waals surface area (Å²) in [6, 6.07) is 17.5. The summed E-state index contributed by atoms with van der Waals surface area (Å²) in [5, 5.41) is 15.8. The van der Waals surface area contributed by atoms with Crippen molar-refractivity contribution in [2.75, 3.05) is 12.4 Å². The average molecular weight is 464 g/mol. The fourth-order valence-electron chi connectivity index (χ4n) is 3.28. The summed E-state index contributed by atoms with van der Waals surface area (Å²) in [4.78, 5) is 12.9. The van der Waals surface area contributed by atoms with E-state index in [0.717, 1.165) is 22.6 Å². The molecule has 1 atom stereocenters. The Kier molecular flexibility index (Phi) is 6.79. The average Bonchev–Trinajstić information content (AvgIpc) is 3.43. The Morgan fingerprint density at radius 3 is 2.45 bits per heavy atom. The number of benzene rings is 2. The Morgan fingerprint density at radius 2 is 1.85 bits per heavy atom. The van der Waals surface area contributed by atoms with Crippen LogP contribution in [0.25, 0.3) is 17.1 Å². The number of hydrogen-bond donors (Lipinski definition) is 1. The molecule has 9 heteroatoms. The number of carbonyl (C=O) groups excluding carboxylic acids is 1. The van der Waals surface area contributed by atoms with Gasteiger partial charge in [-0.3, -0.25) is 9.36 Å². The van der Waals surface area contributed by atoms with Crippen molar-refractivity contribution < 1.29 is 14.1 Å². The molecule has 1 N–H and O–H groups in total. The van der Waals surface area contributed by atoms with Crippen LogP contribution in [0.1, 0.15) is 24.7 Å². The van der Waals surface area contributed by atoms with Crippen LogP contribution in [0.4, 0.5) is 5.82 Å². The topological polar surface area (TPSA) is 95.1 Å². The van der Waals surface area contributed by atoms with E-state index in [0.29, 0.717) is 29.0 Å². The summed E-state index contributed by atoms with van der Waals surface area (Å²) in [6.45, 7) is 5.78. The molecule has 0 aliphatic rings. The number of aromatic nitrogens is 4. The van der Waals surface area contributed by atoms with Crippen molar-refractivity contribution in [2.45, 2.75) is 37.6 Å². The summed E-state index contributed by atoms with van der Waals surface area (Å²) < 4.78 is 12.3. The molecule has 4 aromatic rings. The van der Waals surface area contributed by atoms with E-state index in [1.165, 1.54) is 11.8 Å². The molecule has 0 aliphatic heterocycles. The maximum atomic E-state index is 12.9. The third-order valence-electron chi connectivity index (χ3n) is 5.06. The van der Waals surface area contributed by atoms with Crippen LogP contribution >= 0.6 is 11.8 Å². The lowest BCUT2D eigenvalue weighted by Gasteiger charge is -2.15. The number of ether oxygens (including phenoxy) is 1. The lowest BCUT2D eigenvalue weighted by molar-refractivity contribution is -0.115. The molecule has 0 saturated carbocycles. The number of methoxy groups -OCH3 is 1. The molecule has 0 spiro atoms. The zero-order valence-corrected chi connectivity index (χ0v) is 19.7. The van der Waals surface area contributed by atoms with Gasteiger partial charge in [0.15, 0.2) is 16.8 Å². The van der Waals surface area contributed by atoms with Crippen molar-refractivity contribution >= 4 is 23.5 Å². The van der Waals surface area contributed by atoms with Crippen LogP contribution in [0, 0.1) is 13.8 Å². The third-order valence-corrected chi connectivity index (χ3v) is 6.37. The monoisotopic (exact) mass is 463 g/mol. The van der Waals surface area contributed by atoms with Crippen molar-refractivity contribution in [2.24, 2.45) is 0 Å². The van der Waals surface area contributed by atoms with Crippen LogP contribution < -0.4 is 10.1 Å². The maximum absolute atomic E-state index is 12.9. The number of nitrogens with one attached hydrogen (secondary N) is 1. The van der Waals surface area contributed by atoms with E-state index in [-0.39, 0.29) is 11.2 Å². The number of aryl methyl sites for hydroxylation is 2. The number of thioether (sulfide) groups is 1. The molecule has 0 bridgehead atoms. The van der Waals surface area contributed by atoms with Gasteiger partial charge < -0.3 is 14.6 Å². The van der Waals surface area contributed by atoms with Gasteiger partial charge in [-0.05, 0) is 56.7 Å². The number of anilines is 1. The Hall–Kier alpha value is -3.59. The number of hydrogen-bond acceptors (Lipinski definition) is 7. The first-order valence-electron chi connectivity index (χ1n) is 10.6. The van der Waals surface area contributed by atoms with Crippen molar-refractivity contribution in [1.29, 1.82) is 0 Å². The summed E-state index contributed by atoms with van der Waals surface area (Å²) in [5.41, 5.74) is 2.97. The predicted molar refractivity (Wildman–Crippen MR) is 128 cm³/mol. The predicted octanol–water partition coefficient (Wildman–Crippen LogP) is 5.06. The fraction of sp³-hybridized carbons (Fsp3) is 0.250. The molecule has 1 unspecified atom stereocenters. The van der Waals surface area contributed by atoms with Crippen LogP contribution in [0.3, 0.4) is 0 Å². The van der Waals surface area contributed by atoms with Crippen LogP contribution in [-0.2, 0) is 4.79 Å². The van der Waals surface area contributed by atoms with Gasteiger partial charge in [0.05, 0.1) is 12.4 Å². The van der Waals surface area contributed by atoms with Gasteiger partial charge >= 0.3 is 0 Å². The molecular weight excluding hydrogens is 438 g/mol. The van der Waals surface area contributed by atoms with Crippen molar-refractivity contribution in [3.63, 3.8) is 0 Å². The standard InChI is InChI=1S/C24H25N5O3S/c1-5-20(23(30)25-21-14-16(3)32-28-21)33-24-27-26-22(17-8-12-19(31-4)13-9-17)29(24)18-10-6-15(2)7-11-18/h6-14,20H,5H2,1-4H3,(H,25,28,30). The Balaban J connectivity index is 1.68. The maximum Gasteiger partial charge on any atom is 0.239 e. The molecule has 2 aromatic heterocycles. The van der Waals surface area contributed by atoms with Gasteiger partial charge in [-0.1, -0.05) is 41.5 Å². The van der Waals surface area contributed by atoms with Gasteiger partial charge in [-0.25, -0.2) is 0 Å². The fourth-order valence-corrected chi connectivity index (χ4v) is 4.25. The molecule has 2 aromatic carbocycles. The van der Waals surface area contributed by atoms with E-state index in [1.807, 2.05) is 66.9 Å². The highest BCUT2D eigenvalue weighted by atomic mass is 32.2. The number of nitrogens with zero attached hydrogens (tertiary/aromatic N) is 4. The van der Waals surface area contributed by atoms with E-state index in [2.05, 4.69) is 20.7 Å². The van der Waals surface area contributed by atoms with E-state index in [9.17, 15) is 4.79 Å². The molecule has 4 rings (SSSR count). The summed E-state index contributed by atoms with van der Waals surface area (Å²) >= 11 is 1.37. The molecular formula is C24H25N5O3S. The molecule has 0 radical (unpaired) electrons. The van der Waals surface area contributed by atoms with Gasteiger partial charge in [0.1, 0.15) is 11.5 Å². The minimum Gasteiger partial charge on any atom is -0.497 e. The summed E-state index contributed by atoms with van der Waals surface area (Å²) in [7, 11) is 1.63. The zero-order chi connectivity index (χ0) is 23.4. The quantitative estimate of drug-likeness (QED) is 0.365. The van der Waals surface area contributed by atoms with Crippen molar-refractivity contribution in [3.8, 4) is 22.8 Å². The second-order valence-corrected chi connectivity index (χ2v) is 8.70. The summed E-state index contributed by atoms with van der Waals surface area (Å²) in [5.74, 6) is 2.32. The first-order valence-corrected chi connectivity index (χ1v) is 11.4. The Labute approximate surface area is 196 Å². The smallest absolute Gasteiger partial charge is 0.239 e. The lowest BCUT2D eigenvalue weighted by atomic mass is 10.2. The SMILES string of the molecule is CCC(Sc1nnc(-c2ccc(OC)cc2)n1-c1ccc(C)cc1)C(=O)Nc1cc(C)on1. The van der Waals surface area contributed by atoms with E-state index < -0.39 is 0 Å². The number of amides is 1. The second kappa shape index (κ2) is 9.91. The molecule has 8 nitrogen and oxygen atoms in total. The Morgan fingerprint density at radius 1 is 1.12 bits per heavy atom. The minimum atomic E-state index is -0.390. The highest BCUT2D eigenvalue weighted by molar-refractivity contribution is 8.00. The zero-order valence-electron chi connectivity index (χ0n) is 18.9. The second-order valence-electron chi connectivity index (χ2n) is 7.53. The minimum absolute atomic E-state index is 0.166. The van der Waals surface area contributed by atoms with Gasteiger partial charge in [0.25, 0.3) is 0 Å². The van der Waals surface area contributed by atoms with Crippen molar-refractivity contribution in [1.82, 2.24) is 19.9 Å². The van der Waals surface area contributed by atoms with Gasteiger partial charge in [0, 0.05) is 17.3 Å². The van der Waals surface area contributed by atoms with Crippen LogP contribution in [-0.4, -0.2) is 38.2 Å². The highest BCUT2D eigenvalue weighted by Gasteiger charge is 2.24. The van der Waals surface area contributed by atoms with E-state index in [1.54, 1.807) is 20.1 Å². The van der Waals surface area contributed by atoms with Gasteiger partial charge in [-0.2, -0.15) is 0 Å². The molecule has 33 heavy (non-hydrogen) atoms. The molecule has 2 heterocycles. The van der Waals surface area contributed by atoms with Crippen LogP contribution in [0.5, 0.6) is 5.75 Å². The summed E-state index contributed by atoms with van der Waals surface area (Å²) in [6.07, 6.45) is 0.603. The van der Waals surface area contributed by atoms with Gasteiger partial charge in [-0.15, -0.1) is 10.2 Å². The highest BCUT2D eigenvalue weighted by Crippen LogP contribution is 2.32. The normalized spacial score (nSPS) is 11.9. The number of carbonyl (C=O) groups is 1. The van der Waals surface area contributed by atoms with E-state index >= 15 is 0 Å². The first kappa shape index (κ1) is 22.6. The van der Waals surface area contributed by atoms with E-state index in [4.69, 9.17) is 9.26 Å². The molecule has 0 saturated heterocycles. The third kappa shape index (κ3) is 5.09. The van der Waals surface area contributed by atoms with Crippen LogP contribution in [0.15, 0.2) is 64.3 Å². The largest absolute Gasteiger partial charge is 0.497 e. The first-order chi connectivity index (χ1) is 16.0. The Bertz CT molecular complexity index is 1230. The molecule has 1 amide bonds.